The molecule has 8 heteroatoms. The number of hydrogen-bond donors (Lipinski definition) is 0. The van der Waals surface area contributed by atoms with Crippen LogP contribution in [0.3, 0.4) is 0 Å². The maximum atomic E-state index is 12.9. The second kappa shape index (κ2) is 5.85. The summed E-state index contributed by atoms with van der Waals surface area (Å²) in [5.41, 5.74) is 0.779. The van der Waals surface area contributed by atoms with E-state index in [-0.39, 0.29) is 4.90 Å². The number of rotatable bonds is 3. The lowest BCUT2D eigenvalue weighted by molar-refractivity contribution is 0.139. The molecule has 0 N–H and O–H groups in total. The summed E-state index contributed by atoms with van der Waals surface area (Å²) in [4.78, 5) is 2.63. The lowest BCUT2D eigenvalue weighted by Gasteiger charge is -2.37. The highest BCUT2D eigenvalue weighted by Crippen LogP contribution is 2.27. The molecule has 1 aromatic carbocycles. The number of fused-ring (bicyclic) bond motifs is 1. The minimum atomic E-state index is -3.56. The summed E-state index contributed by atoms with van der Waals surface area (Å²) in [6, 6.07) is 5.59. The first-order valence-corrected chi connectivity index (χ1v) is 9.56. The van der Waals surface area contributed by atoms with Crippen LogP contribution in [0.15, 0.2) is 27.7 Å². The zero-order valence-electron chi connectivity index (χ0n) is 12.9. The van der Waals surface area contributed by atoms with Gasteiger partial charge in [0.2, 0.25) is 10.0 Å². The van der Waals surface area contributed by atoms with Crippen LogP contribution in [0.25, 0.3) is 11.0 Å². The van der Waals surface area contributed by atoms with E-state index in [2.05, 4.69) is 19.8 Å². The Morgan fingerprint density at radius 2 is 1.78 bits per heavy atom. The number of piperazine rings is 1. The zero-order chi connectivity index (χ0) is 15.9. The quantitative estimate of drug-likeness (QED) is 0.844. The molecule has 0 amide bonds. The predicted octanol–water partition coefficient (Wildman–Crippen LogP) is 1.47. The van der Waals surface area contributed by atoms with Crippen LogP contribution < -0.4 is 0 Å². The Morgan fingerprint density at radius 1 is 1.04 bits per heavy atom. The molecule has 0 bridgehead atoms. The van der Waals surface area contributed by atoms with Crippen molar-refractivity contribution in [3.63, 3.8) is 0 Å². The summed E-state index contributed by atoms with van der Waals surface area (Å²) in [6.07, 6.45) is 5.09. The van der Waals surface area contributed by atoms with E-state index >= 15 is 0 Å². The van der Waals surface area contributed by atoms with Gasteiger partial charge >= 0.3 is 0 Å². The molecular formula is C15H20N4O3S. The van der Waals surface area contributed by atoms with Crippen LogP contribution in [-0.2, 0) is 10.0 Å². The molecule has 1 aliphatic carbocycles. The highest BCUT2D eigenvalue weighted by atomic mass is 32.2. The standard InChI is InChI=1S/C15H20N4O3S/c20-23(21,14-7-3-6-13-15(14)17-22-16-13)19-10-8-18(9-11-19)12-4-1-2-5-12/h3,6-7,12H,1-2,4-5,8-11H2. The van der Waals surface area contributed by atoms with Crippen LogP contribution in [-0.4, -0.2) is 60.2 Å². The highest BCUT2D eigenvalue weighted by Gasteiger charge is 2.33. The Kier molecular flexibility index (Phi) is 3.82. The Labute approximate surface area is 135 Å². The molecule has 2 aliphatic rings. The number of benzene rings is 1. The van der Waals surface area contributed by atoms with Crippen LogP contribution in [0, 0.1) is 0 Å². The minimum Gasteiger partial charge on any atom is -0.298 e. The van der Waals surface area contributed by atoms with E-state index in [4.69, 9.17) is 0 Å². The smallest absolute Gasteiger partial charge is 0.245 e. The van der Waals surface area contributed by atoms with Crippen LogP contribution in [0.2, 0.25) is 0 Å². The average Bonchev–Trinajstić information content (AvgIpc) is 3.26. The van der Waals surface area contributed by atoms with E-state index in [9.17, 15) is 8.42 Å². The van der Waals surface area contributed by atoms with E-state index in [1.807, 2.05) is 0 Å². The van der Waals surface area contributed by atoms with Crippen molar-refractivity contribution >= 4 is 21.1 Å². The Balaban J connectivity index is 1.54. The molecule has 4 rings (SSSR count). The first kappa shape index (κ1) is 15.0. The van der Waals surface area contributed by atoms with Crippen molar-refractivity contribution in [1.29, 1.82) is 0 Å². The van der Waals surface area contributed by atoms with Gasteiger partial charge in [-0.25, -0.2) is 13.0 Å². The summed E-state index contributed by atoms with van der Waals surface area (Å²) in [5, 5.41) is 7.48. The lowest BCUT2D eigenvalue weighted by atomic mass is 10.2. The molecule has 1 saturated heterocycles. The summed E-state index contributed by atoms with van der Waals surface area (Å²) in [7, 11) is -3.56. The minimum absolute atomic E-state index is 0.186. The van der Waals surface area contributed by atoms with Crippen molar-refractivity contribution in [2.75, 3.05) is 26.2 Å². The molecule has 2 heterocycles. The maximum Gasteiger partial charge on any atom is 0.245 e. The third-order valence-electron chi connectivity index (χ3n) is 4.98. The topological polar surface area (TPSA) is 79.5 Å². The normalized spacial score (nSPS) is 22.1. The van der Waals surface area contributed by atoms with Crippen molar-refractivity contribution in [2.24, 2.45) is 0 Å². The van der Waals surface area contributed by atoms with Gasteiger partial charge in [-0.15, -0.1) is 0 Å². The van der Waals surface area contributed by atoms with Crippen molar-refractivity contribution in [2.45, 2.75) is 36.6 Å². The molecule has 1 saturated carbocycles. The molecule has 2 aromatic rings. The van der Waals surface area contributed by atoms with Gasteiger partial charge in [0.25, 0.3) is 0 Å². The molecule has 23 heavy (non-hydrogen) atoms. The Bertz CT molecular complexity index is 790. The third kappa shape index (κ3) is 2.64. The van der Waals surface area contributed by atoms with Gasteiger partial charge in [-0.05, 0) is 35.3 Å². The van der Waals surface area contributed by atoms with Gasteiger partial charge in [0.05, 0.1) is 0 Å². The van der Waals surface area contributed by atoms with Gasteiger partial charge < -0.3 is 0 Å². The van der Waals surface area contributed by atoms with E-state index < -0.39 is 10.0 Å². The summed E-state index contributed by atoms with van der Waals surface area (Å²) in [5.74, 6) is 0. The molecule has 0 atom stereocenters. The Hall–Kier alpha value is -1.51. The third-order valence-corrected chi connectivity index (χ3v) is 6.91. The SMILES string of the molecule is O=S(=O)(c1cccc2nonc12)N1CCN(C2CCCC2)CC1. The molecule has 0 unspecified atom stereocenters. The molecule has 7 nitrogen and oxygen atoms in total. The van der Waals surface area contributed by atoms with Gasteiger partial charge in [0.1, 0.15) is 10.4 Å². The van der Waals surface area contributed by atoms with Crippen molar-refractivity contribution in [3.8, 4) is 0 Å². The maximum absolute atomic E-state index is 12.9. The highest BCUT2D eigenvalue weighted by molar-refractivity contribution is 7.89. The fourth-order valence-corrected chi connectivity index (χ4v) is 5.27. The lowest BCUT2D eigenvalue weighted by Crippen LogP contribution is -2.51. The van der Waals surface area contributed by atoms with Gasteiger partial charge in [0, 0.05) is 32.2 Å². The summed E-state index contributed by atoms with van der Waals surface area (Å²) in [6.45, 7) is 2.66. The van der Waals surface area contributed by atoms with Crippen molar-refractivity contribution in [3.05, 3.63) is 18.2 Å². The molecule has 1 aliphatic heterocycles. The zero-order valence-corrected chi connectivity index (χ0v) is 13.7. The molecular weight excluding hydrogens is 316 g/mol. The number of aromatic nitrogens is 2. The number of sulfonamides is 1. The Morgan fingerprint density at radius 3 is 2.52 bits per heavy atom. The molecule has 0 radical (unpaired) electrons. The first-order valence-electron chi connectivity index (χ1n) is 8.12. The molecule has 2 fully saturated rings. The van der Waals surface area contributed by atoms with E-state index in [1.165, 1.54) is 25.7 Å². The van der Waals surface area contributed by atoms with Crippen molar-refractivity contribution < 1.29 is 13.0 Å². The van der Waals surface area contributed by atoms with Gasteiger partial charge in [-0.1, -0.05) is 18.9 Å². The number of hydrogen-bond acceptors (Lipinski definition) is 6. The predicted molar refractivity (Wildman–Crippen MR) is 84.4 cm³/mol. The van der Waals surface area contributed by atoms with Crippen molar-refractivity contribution in [1.82, 2.24) is 19.5 Å². The largest absolute Gasteiger partial charge is 0.298 e. The molecule has 124 valence electrons. The number of nitrogens with zero attached hydrogens (tertiary/aromatic N) is 4. The van der Waals surface area contributed by atoms with E-state index in [1.54, 1.807) is 22.5 Å². The van der Waals surface area contributed by atoms with Crippen LogP contribution in [0.4, 0.5) is 0 Å². The summed E-state index contributed by atoms with van der Waals surface area (Å²) < 4.78 is 32.1. The second-order valence-electron chi connectivity index (χ2n) is 6.27. The fraction of sp³-hybridized carbons (Fsp3) is 0.600. The molecule has 0 spiro atoms. The van der Waals surface area contributed by atoms with E-state index in [0.29, 0.717) is 30.2 Å². The van der Waals surface area contributed by atoms with E-state index in [0.717, 1.165) is 13.1 Å². The van der Waals surface area contributed by atoms with Gasteiger partial charge in [-0.2, -0.15) is 4.31 Å². The second-order valence-corrected chi connectivity index (χ2v) is 8.17. The first-order chi connectivity index (χ1) is 11.2. The van der Waals surface area contributed by atoms with Crippen LogP contribution in [0.5, 0.6) is 0 Å². The van der Waals surface area contributed by atoms with Crippen LogP contribution >= 0.6 is 0 Å². The average molecular weight is 336 g/mol. The molecule has 1 aromatic heterocycles. The van der Waals surface area contributed by atoms with Crippen LogP contribution in [0.1, 0.15) is 25.7 Å². The van der Waals surface area contributed by atoms with Gasteiger partial charge in [-0.3, -0.25) is 4.90 Å². The summed E-state index contributed by atoms with van der Waals surface area (Å²) >= 11 is 0. The van der Waals surface area contributed by atoms with Gasteiger partial charge in [0.15, 0.2) is 5.52 Å². The fourth-order valence-electron chi connectivity index (χ4n) is 3.71. The monoisotopic (exact) mass is 336 g/mol.